The largest absolute Gasteiger partial charge is 0.297 e. The molecule has 1 heterocycles. The van der Waals surface area contributed by atoms with Gasteiger partial charge >= 0.3 is 0 Å². The molecule has 1 aliphatic rings. The number of halogens is 2. The number of nitrogens with one attached hydrogen (secondary N) is 1. The van der Waals surface area contributed by atoms with Crippen molar-refractivity contribution in [2.45, 2.75) is 23.9 Å². The molecule has 0 amide bonds. The van der Waals surface area contributed by atoms with Gasteiger partial charge in [-0.3, -0.25) is 4.90 Å². The van der Waals surface area contributed by atoms with E-state index in [1.807, 2.05) is 18.2 Å². The summed E-state index contributed by atoms with van der Waals surface area (Å²) in [6, 6.07) is 14.7. The molecular weight excluding hydrogens is 367 g/mol. The minimum atomic E-state index is -3.74. The predicted octanol–water partition coefficient (Wildman–Crippen LogP) is 3.55. The average molecular weight is 385 g/mol. The van der Waals surface area contributed by atoms with Crippen molar-refractivity contribution in [3.63, 3.8) is 0 Å². The van der Waals surface area contributed by atoms with Crippen LogP contribution in [0, 0.1) is 0 Å². The Morgan fingerprint density at radius 1 is 1.04 bits per heavy atom. The maximum absolute atomic E-state index is 12.6. The first kappa shape index (κ1) is 17.7. The van der Waals surface area contributed by atoms with E-state index in [1.54, 1.807) is 6.07 Å². The fourth-order valence-corrected chi connectivity index (χ4v) is 5.34. The standard InChI is InChI=1S/C17H18Cl2N2O2S/c18-15-7-4-8-16(19)17(15)24(22,23)20-14-9-10-21(12-14)11-13-5-2-1-3-6-13/h1-8,14,20H,9-12H2. The molecule has 0 aliphatic carbocycles. The monoisotopic (exact) mass is 384 g/mol. The van der Waals surface area contributed by atoms with E-state index < -0.39 is 10.0 Å². The van der Waals surface area contributed by atoms with Gasteiger partial charge in [0.25, 0.3) is 0 Å². The van der Waals surface area contributed by atoms with Gasteiger partial charge in [0.1, 0.15) is 4.90 Å². The van der Waals surface area contributed by atoms with Crippen LogP contribution in [0.1, 0.15) is 12.0 Å². The molecule has 1 fully saturated rings. The zero-order valence-electron chi connectivity index (χ0n) is 13.0. The topological polar surface area (TPSA) is 49.4 Å². The van der Waals surface area contributed by atoms with Gasteiger partial charge in [-0.25, -0.2) is 13.1 Å². The second kappa shape index (κ2) is 7.42. The van der Waals surface area contributed by atoms with E-state index in [4.69, 9.17) is 23.2 Å². The van der Waals surface area contributed by atoms with Gasteiger partial charge in [-0.15, -0.1) is 0 Å². The number of nitrogens with zero attached hydrogens (tertiary/aromatic N) is 1. The van der Waals surface area contributed by atoms with Gasteiger partial charge in [0.15, 0.2) is 0 Å². The molecule has 24 heavy (non-hydrogen) atoms. The summed E-state index contributed by atoms with van der Waals surface area (Å²) in [5.41, 5.74) is 1.22. The van der Waals surface area contributed by atoms with Crippen molar-refractivity contribution in [1.29, 1.82) is 0 Å². The third kappa shape index (κ3) is 4.10. The molecule has 1 unspecified atom stereocenters. The number of benzene rings is 2. The van der Waals surface area contributed by atoms with Crippen molar-refractivity contribution in [3.05, 3.63) is 64.1 Å². The van der Waals surface area contributed by atoms with E-state index >= 15 is 0 Å². The normalized spacial score (nSPS) is 18.8. The lowest BCUT2D eigenvalue weighted by molar-refractivity contribution is 0.324. The van der Waals surface area contributed by atoms with Gasteiger partial charge in [0.2, 0.25) is 10.0 Å². The van der Waals surface area contributed by atoms with E-state index in [0.717, 1.165) is 19.5 Å². The summed E-state index contributed by atoms with van der Waals surface area (Å²) >= 11 is 12.0. The van der Waals surface area contributed by atoms with Crippen molar-refractivity contribution in [3.8, 4) is 0 Å². The number of hydrogen-bond acceptors (Lipinski definition) is 3. The Morgan fingerprint density at radius 2 is 1.71 bits per heavy atom. The maximum Gasteiger partial charge on any atom is 0.243 e. The molecule has 0 aromatic heterocycles. The molecule has 2 aromatic rings. The summed E-state index contributed by atoms with van der Waals surface area (Å²) in [5.74, 6) is 0. The van der Waals surface area contributed by atoms with Gasteiger partial charge in [-0.2, -0.15) is 0 Å². The second-order valence-electron chi connectivity index (χ2n) is 5.88. The zero-order valence-corrected chi connectivity index (χ0v) is 15.3. The SMILES string of the molecule is O=S(=O)(NC1CCN(Cc2ccccc2)C1)c1c(Cl)cccc1Cl. The molecule has 0 spiro atoms. The minimum Gasteiger partial charge on any atom is -0.297 e. The zero-order chi connectivity index (χ0) is 17.2. The van der Waals surface area contributed by atoms with E-state index in [1.165, 1.54) is 17.7 Å². The van der Waals surface area contributed by atoms with Gasteiger partial charge in [-0.1, -0.05) is 59.6 Å². The van der Waals surface area contributed by atoms with Crippen LogP contribution in [0.2, 0.25) is 10.0 Å². The van der Waals surface area contributed by atoms with E-state index in [0.29, 0.717) is 6.54 Å². The molecule has 1 saturated heterocycles. The first-order valence-corrected chi connectivity index (χ1v) is 9.92. The van der Waals surface area contributed by atoms with Crippen molar-refractivity contribution >= 4 is 33.2 Å². The number of hydrogen-bond donors (Lipinski definition) is 1. The van der Waals surface area contributed by atoms with Crippen LogP contribution in [-0.2, 0) is 16.6 Å². The quantitative estimate of drug-likeness (QED) is 0.857. The summed E-state index contributed by atoms with van der Waals surface area (Å²) in [6.07, 6.45) is 0.758. The summed E-state index contributed by atoms with van der Waals surface area (Å²) in [5, 5.41) is 0.267. The van der Waals surface area contributed by atoms with Crippen LogP contribution < -0.4 is 4.72 Å². The van der Waals surface area contributed by atoms with Gasteiger partial charge in [-0.05, 0) is 24.1 Å². The fraction of sp³-hybridized carbons (Fsp3) is 0.294. The maximum atomic E-state index is 12.6. The summed E-state index contributed by atoms with van der Waals surface area (Å²) in [7, 11) is -3.74. The summed E-state index contributed by atoms with van der Waals surface area (Å²) in [6.45, 7) is 2.32. The van der Waals surface area contributed by atoms with Crippen LogP contribution in [0.25, 0.3) is 0 Å². The fourth-order valence-electron chi connectivity index (χ4n) is 2.93. The van der Waals surface area contributed by atoms with Crippen LogP contribution in [-0.4, -0.2) is 32.4 Å². The highest BCUT2D eigenvalue weighted by Gasteiger charge is 2.29. The van der Waals surface area contributed by atoms with Crippen LogP contribution in [0.5, 0.6) is 0 Å². The lowest BCUT2D eigenvalue weighted by Gasteiger charge is -2.17. The van der Waals surface area contributed by atoms with Gasteiger partial charge in [0.05, 0.1) is 10.0 Å². The van der Waals surface area contributed by atoms with E-state index in [-0.39, 0.29) is 21.0 Å². The van der Waals surface area contributed by atoms with Crippen LogP contribution in [0.4, 0.5) is 0 Å². The van der Waals surface area contributed by atoms with E-state index in [2.05, 4.69) is 21.8 Å². The lowest BCUT2D eigenvalue weighted by Crippen LogP contribution is -2.37. The Labute approximate surface area is 152 Å². The molecule has 1 N–H and O–H groups in total. The molecule has 0 saturated carbocycles. The molecule has 1 atom stereocenters. The Kier molecular flexibility index (Phi) is 5.47. The summed E-state index contributed by atoms with van der Waals surface area (Å²) in [4.78, 5) is 2.19. The van der Waals surface area contributed by atoms with Crippen LogP contribution in [0.3, 0.4) is 0 Å². The van der Waals surface area contributed by atoms with Crippen LogP contribution in [0.15, 0.2) is 53.4 Å². The Balaban J connectivity index is 1.67. The third-order valence-corrected chi connectivity index (χ3v) is 6.51. The Bertz CT molecular complexity index is 792. The predicted molar refractivity (Wildman–Crippen MR) is 96.9 cm³/mol. The van der Waals surface area contributed by atoms with Crippen molar-refractivity contribution in [1.82, 2.24) is 9.62 Å². The first-order chi connectivity index (χ1) is 11.5. The summed E-state index contributed by atoms with van der Waals surface area (Å²) < 4.78 is 27.9. The molecule has 4 nitrogen and oxygen atoms in total. The smallest absolute Gasteiger partial charge is 0.243 e. The number of rotatable bonds is 5. The highest BCUT2D eigenvalue weighted by atomic mass is 35.5. The Hall–Kier alpha value is -1.11. The van der Waals surface area contributed by atoms with Crippen molar-refractivity contribution in [2.24, 2.45) is 0 Å². The number of sulfonamides is 1. The highest BCUT2D eigenvalue weighted by molar-refractivity contribution is 7.89. The molecule has 0 radical (unpaired) electrons. The van der Waals surface area contributed by atoms with E-state index in [9.17, 15) is 8.42 Å². The van der Waals surface area contributed by atoms with Crippen molar-refractivity contribution < 1.29 is 8.42 Å². The molecule has 7 heteroatoms. The number of likely N-dealkylation sites (tertiary alicyclic amines) is 1. The average Bonchev–Trinajstić information content (AvgIpc) is 2.94. The minimum absolute atomic E-state index is 0.0464. The van der Waals surface area contributed by atoms with Crippen LogP contribution >= 0.6 is 23.2 Å². The molecule has 128 valence electrons. The van der Waals surface area contributed by atoms with Gasteiger partial charge in [0, 0.05) is 25.7 Å². The molecule has 2 aromatic carbocycles. The lowest BCUT2D eigenvalue weighted by atomic mass is 10.2. The molecular formula is C17H18Cl2N2O2S. The van der Waals surface area contributed by atoms with Crippen molar-refractivity contribution in [2.75, 3.05) is 13.1 Å². The third-order valence-electron chi connectivity index (χ3n) is 4.03. The first-order valence-electron chi connectivity index (χ1n) is 7.68. The molecule has 3 rings (SSSR count). The molecule has 0 bridgehead atoms. The highest BCUT2D eigenvalue weighted by Crippen LogP contribution is 2.29. The van der Waals surface area contributed by atoms with Gasteiger partial charge < -0.3 is 0 Å². The second-order valence-corrected chi connectivity index (χ2v) is 8.34. The molecule has 1 aliphatic heterocycles. The Morgan fingerprint density at radius 3 is 2.38 bits per heavy atom.